The molecule has 1 fully saturated rings. The van der Waals surface area contributed by atoms with Crippen LogP contribution in [0, 0.1) is 6.92 Å². The van der Waals surface area contributed by atoms with Crippen LogP contribution in [0.25, 0.3) is 11.0 Å². The molecule has 0 saturated heterocycles. The van der Waals surface area contributed by atoms with Crippen LogP contribution in [-0.2, 0) is 7.05 Å². The zero-order valence-electron chi connectivity index (χ0n) is 14.6. The topological polar surface area (TPSA) is 78.3 Å². The Labute approximate surface area is 149 Å². The number of carbonyl (C=O) groups is 1. The number of pyridine rings is 1. The highest BCUT2D eigenvalue weighted by molar-refractivity contribution is 6.12. The van der Waals surface area contributed by atoms with Gasteiger partial charge in [0.15, 0.2) is 17.1 Å². The molecule has 0 unspecified atom stereocenters. The van der Waals surface area contributed by atoms with E-state index in [-0.39, 0.29) is 12.7 Å². The van der Waals surface area contributed by atoms with Gasteiger partial charge in [-0.15, -0.1) is 0 Å². The number of rotatable bonds is 3. The van der Waals surface area contributed by atoms with Crippen molar-refractivity contribution in [2.75, 3.05) is 12.1 Å². The predicted octanol–water partition coefficient (Wildman–Crippen LogP) is 3.14. The molecule has 7 nitrogen and oxygen atoms in total. The molecule has 0 atom stereocenters. The summed E-state index contributed by atoms with van der Waals surface area (Å²) in [6.07, 6.45) is 2.25. The highest BCUT2D eigenvalue weighted by Crippen LogP contribution is 2.40. The van der Waals surface area contributed by atoms with Gasteiger partial charge in [-0.1, -0.05) is 0 Å². The van der Waals surface area contributed by atoms with E-state index < -0.39 is 0 Å². The molecule has 3 heterocycles. The minimum Gasteiger partial charge on any atom is -0.454 e. The minimum atomic E-state index is -0.172. The molecule has 3 aromatic rings. The molecule has 1 saturated carbocycles. The van der Waals surface area contributed by atoms with Crippen molar-refractivity contribution < 1.29 is 14.3 Å². The van der Waals surface area contributed by atoms with E-state index in [0.29, 0.717) is 28.7 Å². The lowest BCUT2D eigenvalue weighted by Gasteiger charge is -2.09. The summed E-state index contributed by atoms with van der Waals surface area (Å²) in [5.41, 5.74) is 3.80. The van der Waals surface area contributed by atoms with Gasteiger partial charge in [0, 0.05) is 30.4 Å². The molecule has 132 valence electrons. The quantitative estimate of drug-likeness (QED) is 0.785. The number of hydrogen-bond acceptors (Lipinski definition) is 5. The lowest BCUT2D eigenvalue weighted by Crippen LogP contribution is -2.13. The number of ether oxygens (including phenoxy) is 2. The van der Waals surface area contributed by atoms with Gasteiger partial charge < -0.3 is 14.8 Å². The number of carbonyl (C=O) groups excluding carboxylic acids is 1. The summed E-state index contributed by atoms with van der Waals surface area (Å²) in [5.74, 6) is 1.60. The molecule has 1 amide bonds. The number of aryl methyl sites for hydroxylation is 2. The average Bonchev–Trinajstić information content (AvgIpc) is 3.31. The zero-order chi connectivity index (χ0) is 17.8. The smallest absolute Gasteiger partial charge is 0.256 e. The summed E-state index contributed by atoms with van der Waals surface area (Å²) in [7, 11) is 1.86. The lowest BCUT2D eigenvalue weighted by atomic mass is 10.1. The number of nitrogens with zero attached hydrogens (tertiary/aromatic N) is 3. The van der Waals surface area contributed by atoms with Crippen LogP contribution >= 0.6 is 0 Å². The van der Waals surface area contributed by atoms with Gasteiger partial charge >= 0.3 is 0 Å². The highest BCUT2D eigenvalue weighted by Gasteiger charge is 2.28. The van der Waals surface area contributed by atoms with Crippen molar-refractivity contribution in [2.45, 2.75) is 25.7 Å². The summed E-state index contributed by atoms with van der Waals surface area (Å²) in [4.78, 5) is 17.8. The number of nitrogens with one attached hydrogen (secondary N) is 1. The molecule has 5 rings (SSSR count). The van der Waals surface area contributed by atoms with Crippen molar-refractivity contribution in [2.24, 2.45) is 7.05 Å². The third-order valence-electron chi connectivity index (χ3n) is 4.86. The van der Waals surface area contributed by atoms with Crippen molar-refractivity contribution in [3.05, 3.63) is 41.2 Å². The van der Waals surface area contributed by atoms with Crippen LogP contribution in [0.4, 0.5) is 5.69 Å². The van der Waals surface area contributed by atoms with Gasteiger partial charge in [0.25, 0.3) is 5.91 Å². The summed E-state index contributed by atoms with van der Waals surface area (Å²) < 4.78 is 12.4. The molecule has 1 aliphatic heterocycles. The van der Waals surface area contributed by atoms with Crippen LogP contribution in [0.15, 0.2) is 24.3 Å². The first kappa shape index (κ1) is 15.2. The highest BCUT2D eigenvalue weighted by atomic mass is 16.7. The molecule has 0 spiro atoms. The number of fused-ring (bicyclic) bond motifs is 2. The maximum atomic E-state index is 13.0. The normalized spacial score (nSPS) is 15.5. The Bertz CT molecular complexity index is 1050. The Balaban J connectivity index is 1.56. The Hall–Kier alpha value is -3.09. The Morgan fingerprint density at radius 2 is 2.04 bits per heavy atom. The monoisotopic (exact) mass is 350 g/mol. The third-order valence-corrected chi connectivity index (χ3v) is 4.86. The van der Waals surface area contributed by atoms with Gasteiger partial charge in [-0.25, -0.2) is 4.98 Å². The molecule has 0 bridgehead atoms. The first-order valence-electron chi connectivity index (χ1n) is 8.65. The summed E-state index contributed by atoms with van der Waals surface area (Å²) in [6.45, 7) is 2.11. The van der Waals surface area contributed by atoms with E-state index in [4.69, 9.17) is 14.5 Å². The molecule has 1 aliphatic carbocycles. The molecule has 1 N–H and O–H groups in total. The number of aromatic nitrogens is 3. The maximum absolute atomic E-state index is 13.0. The van der Waals surface area contributed by atoms with Crippen LogP contribution < -0.4 is 14.8 Å². The fourth-order valence-electron chi connectivity index (χ4n) is 3.40. The predicted molar refractivity (Wildman–Crippen MR) is 95.7 cm³/mol. The van der Waals surface area contributed by atoms with Crippen molar-refractivity contribution in [1.29, 1.82) is 0 Å². The van der Waals surface area contributed by atoms with Crippen LogP contribution in [0.2, 0.25) is 0 Å². The molecule has 2 aliphatic rings. The van der Waals surface area contributed by atoms with Gasteiger partial charge in [-0.3, -0.25) is 9.48 Å². The Morgan fingerprint density at radius 3 is 2.85 bits per heavy atom. The van der Waals surface area contributed by atoms with E-state index in [1.54, 1.807) is 16.8 Å². The largest absolute Gasteiger partial charge is 0.454 e. The van der Waals surface area contributed by atoms with Crippen molar-refractivity contribution in [1.82, 2.24) is 14.8 Å². The standard InChI is InChI=1S/C19H18N4O3/c1-10-17-13(8-14(11-3-4-11)21-18(17)23(2)22-10)19(24)20-12-5-6-15-16(7-12)26-9-25-15/h5-8,11H,3-4,9H2,1-2H3,(H,20,24). The second kappa shape index (κ2) is 5.45. The summed E-state index contributed by atoms with van der Waals surface area (Å²) >= 11 is 0. The summed E-state index contributed by atoms with van der Waals surface area (Å²) in [5, 5.41) is 8.21. The van der Waals surface area contributed by atoms with Gasteiger partial charge in [0.05, 0.1) is 16.6 Å². The fourth-order valence-corrected chi connectivity index (χ4v) is 3.40. The van der Waals surface area contributed by atoms with Crippen molar-refractivity contribution in [3.8, 4) is 11.5 Å². The number of benzene rings is 1. The number of hydrogen-bond donors (Lipinski definition) is 1. The molecule has 26 heavy (non-hydrogen) atoms. The fraction of sp³-hybridized carbons (Fsp3) is 0.316. The minimum absolute atomic E-state index is 0.172. The number of amides is 1. The second-order valence-electron chi connectivity index (χ2n) is 6.80. The maximum Gasteiger partial charge on any atom is 0.256 e. The molecular weight excluding hydrogens is 332 g/mol. The van der Waals surface area contributed by atoms with E-state index in [9.17, 15) is 4.79 Å². The second-order valence-corrected chi connectivity index (χ2v) is 6.80. The number of anilines is 1. The van der Waals surface area contributed by atoms with Crippen LogP contribution in [0.5, 0.6) is 11.5 Å². The molecule has 1 aromatic carbocycles. The van der Waals surface area contributed by atoms with E-state index in [1.807, 2.05) is 26.1 Å². The first-order valence-corrected chi connectivity index (χ1v) is 8.65. The van der Waals surface area contributed by atoms with E-state index in [2.05, 4.69) is 10.4 Å². The average molecular weight is 350 g/mol. The SMILES string of the molecule is Cc1nn(C)c2nc(C3CC3)cc(C(=O)Nc3ccc4c(c3)OCO4)c12. The molecule has 0 radical (unpaired) electrons. The zero-order valence-corrected chi connectivity index (χ0v) is 14.6. The van der Waals surface area contributed by atoms with Gasteiger partial charge in [-0.2, -0.15) is 5.10 Å². The lowest BCUT2D eigenvalue weighted by molar-refractivity contribution is 0.102. The van der Waals surface area contributed by atoms with Crippen LogP contribution in [0.1, 0.15) is 40.5 Å². The molecular formula is C19H18N4O3. The van der Waals surface area contributed by atoms with Crippen LogP contribution in [0.3, 0.4) is 0 Å². The van der Waals surface area contributed by atoms with E-state index in [0.717, 1.165) is 35.3 Å². The van der Waals surface area contributed by atoms with E-state index in [1.165, 1.54) is 0 Å². The van der Waals surface area contributed by atoms with Crippen molar-refractivity contribution in [3.63, 3.8) is 0 Å². The van der Waals surface area contributed by atoms with E-state index >= 15 is 0 Å². The first-order chi connectivity index (χ1) is 12.6. The van der Waals surface area contributed by atoms with Gasteiger partial charge in [0.2, 0.25) is 6.79 Å². The third kappa shape index (κ3) is 2.39. The Morgan fingerprint density at radius 1 is 1.23 bits per heavy atom. The molecule has 2 aromatic heterocycles. The van der Waals surface area contributed by atoms with Gasteiger partial charge in [0.1, 0.15) is 0 Å². The Kier molecular flexibility index (Phi) is 3.19. The van der Waals surface area contributed by atoms with Gasteiger partial charge in [-0.05, 0) is 38.0 Å². The van der Waals surface area contributed by atoms with Crippen LogP contribution in [-0.4, -0.2) is 27.5 Å². The summed E-state index contributed by atoms with van der Waals surface area (Å²) in [6, 6.07) is 7.29. The molecule has 7 heteroatoms. The van der Waals surface area contributed by atoms with Crippen molar-refractivity contribution >= 4 is 22.6 Å².